The maximum Gasteiger partial charge on any atom is 0.292 e. The Hall–Kier alpha value is -1.99. The zero-order chi connectivity index (χ0) is 15.2. The van der Waals surface area contributed by atoms with Gasteiger partial charge in [-0.05, 0) is 25.6 Å². The van der Waals surface area contributed by atoms with Crippen LogP contribution in [0.4, 0.5) is 11.4 Å². The molecule has 0 saturated carbocycles. The standard InChI is InChI=1S/C14H18N4O2S/c1-3-15-13-5-4-11(6-14(13)18(19)20)7-17(2)8-12-9-21-10-16-12/h4-6,9-10,15H,3,7-8H2,1-2H3. The molecular formula is C14H18N4O2S. The van der Waals surface area contributed by atoms with Crippen LogP contribution in [-0.4, -0.2) is 28.4 Å². The molecule has 21 heavy (non-hydrogen) atoms. The number of benzene rings is 1. The highest BCUT2D eigenvalue weighted by Crippen LogP contribution is 2.26. The Bertz CT molecular complexity index is 601. The van der Waals surface area contributed by atoms with E-state index in [0.717, 1.165) is 17.8 Å². The van der Waals surface area contributed by atoms with Crippen LogP contribution in [-0.2, 0) is 13.1 Å². The average Bonchev–Trinajstić information content (AvgIpc) is 2.93. The van der Waals surface area contributed by atoms with Crippen molar-refractivity contribution < 1.29 is 4.92 Å². The second-order valence-corrected chi connectivity index (χ2v) is 5.51. The minimum absolute atomic E-state index is 0.122. The molecule has 1 N–H and O–H groups in total. The van der Waals surface area contributed by atoms with Gasteiger partial charge in [0.25, 0.3) is 5.69 Å². The highest BCUT2D eigenvalue weighted by molar-refractivity contribution is 7.07. The topological polar surface area (TPSA) is 71.3 Å². The Morgan fingerprint density at radius 1 is 1.43 bits per heavy atom. The summed E-state index contributed by atoms with van der Waals surface area (Å²) >= 11 is 1.57. The van der Waals surface area contributed by atoms with Gasteiger partial charge in [-0.3, -0.25) is 15.0 Å². The number of nitro benzene ring substituents is 1. The van der Waals surface area contributed by atoms with Gasteiger partial charge < -0.3 is 5.32 Å². The first-order chi connectivity index (χ1) is 10.1. The number of nitrogens with zero attached hydrogens (tertiary/aromatic N) is 3. The van der Waals surface area contributed by atoms with Crippen LogP contribution in [0.15, 0.2) is 29.1 Å². The smallest absolute Gasteiger partial charge is 0.292 e. The third-order valence-electron chi connectivity index (χ3n) is 2.99. The van der Waals surface area contributed by atoms with E-state index in [9.17, 15) is 10.1 Å². The molecule has 0 spiro atoms. The fraction of sp³-hybridized carbons (Fsp3) is 0.357. The maximum atomic E-state index is 11.1. The SMILES string of the molecule is CCNc1ccc(CN(C)Cc2cscn2)cc1[N+](=O)[O-]. The first kappa shape index (κ1) is 15.4. The lowest BCUT2D eigenvalue weighted by Gasteiger charge is -2.15. The molecule has 6 nitrogen and oxygen atoms in total. The molecule has 0 aliphatic rings. The Morgan fingerprint density at radius 3 is 2.86 bits per heavy atom. The van der Waals surface area contributed by atoms with E-state index in [-0.39, 0.29) is 10.6 Å². The van der Waals surface area contributed by atoms with Gasteiger partial charge in [0, 0.05) is 31.1 Å². The van der Waals surface area contributed by atoms with Crippen molar-refractivity contribution in [2.24, 2.45) is 0 Å². The Balaban J connectivity index is 2.09. The van der Waals surface area contributed by atoms with Crippen molar-refractivity contribution in [2.75, 3.05) is 18.9 Å². The maximum absolute atomic E-state index is 11.1. The number of hydrogen-bond acceptors (Lipinski definition) is 6. The molecule has 1 aromatic carbocycles. The molecule has 0 bridgehead atoms. The van der Waals surface area contributed by atoms with Crippen LogP contribution in [0.2, 0.25) is 0 Å². The number of thiazole rings is 1. The van der Waals surface area contributed by atoms with Gasteiger partial charge in [-0.2, -0.15) is 0 Å². The van der Waals surface area contributed by atoms with Crippen LogP contribution in [0.1, 0.15) is 18.2 Å². The number of hydrogen-bond donors (Lipinski definition) is 1. The van der Waals surface area contributed by atoms with E-state index in [1.165, 1.54) is 0 Å². The van der Waals surface area contributed by atoms with Crippen LogP contribution in [0.3, 0.4) is 0 Å². The summed E-state index contributed by atoms with van der Waals surface area (Å²) < 4.78 is 0. The first-order valence-electron chi connectivity index (χ1n) is 6.67. The molecule has 0 radical (unpaired) electrons. The van der Waals surface area contributed by atoms with Crippen molar-refractivity contribution in [1.29, 1.82) is 0 Å². The van der Waals surface area contributed by atoms with Crippen molar-refractivity contribution >= 4 is 22.7 Å². The molecule has 1 heterocycles. The lowest BCUT2D eigenvalue weighted by atomic mass is 10.1. The third kappa shape index (κ3) is 4.24. The normalized spacial score (nSPS) is 10.8. The largest absolute Gasteiger partial charge is 0.380 e. The van der Waals surface area contributed by atoms with Crippen molar-refractivity contribution in [1.82, 2.24) is 9.88 Å². The van der Waals surface area contributed by atoms with E-state index >= 15 is 0 Å². The zero-order valence-corrected chi connectivity index (χ0v) is 12.9. The summed E-state index contributed by atoms with van der Waals surface area (Å²) in [5.74, 6) is 0. The molecule has 0 atom stereocenters. The van der Waals surface area contributed by atoms with E-state index < -0.39 is 0 Å². The summed E-state index contributed by atoms with van der Waals surface area (Å²) in [6.07, 6.45) is 0. The fourth-order valence-corrected chi connectivity index (χ4v) is 2.68. The van der Waals surface area contributed by atoms with Crippen LogP contribution < -0.4 is 5.32 Å². The Labute approximate surface area is 127 Å². The molecule has 112 valence electrons. The Kier molecular flexibility index (Phi) is 5.24. The molecule has 0 unspecified atom stereocenters. The molecule has 0 aliphatic carbocycles. The first-order valence-corrected chi connectivity index (χ1v) is 7.61. The minimum Gasteiger partial charge on any atom is -0.380 e. The molecule has 0 aliphatic heterocycles. The van der Waals surface area contributed by atoms with Crippen LogP contribution >= 0.6 is 11.3 Å². The zero-order valence-electron chi connectivity index (χ0n) is 12.1. The molecule has 2 rings (SSSR count). The molecular weight excluding hydrogens is 288 g/mol. The van der Waals surface area contributed by atoms with Crippen LogP contribution in [0.25, 0.3) is 0 Å². The minimum atomic E-state index is -0.345. The fourth-order valence-electron chi connectivity index (χ4n) is 2.13. The summed E-state index contributed by atoms with van der Waals surface area (Å²) in [7, 11) is 1.98. The monoisotopic (exact) mass is 306 g/mol. The van der Waals surface area contributed by atoms with Crippen LogP contribution in [0.5, 0.6) is 0 Å². The van der Waals surface area contributed by atoms with Gasteiger partial charge in [0.15, 0.2) is 0 Å². The highest BCUT2D eigenvalue weighted by Gasteiger charge is 2.14. The summed E-state index contributed by atoms with van der Waals surface area (Å²) in [5.41, 5.74) is 4.42. The number of rotatable bonds is 7. The van der Waals surface area contributed by atoms with E-state index in [1.54, 1.807) is 29.0 Å². The van der Waals surface area contributed by atoms with Crippen molar-refractivity contribution in [3.63, 3.8) is 0 Å². The molecule has 0 fully saturated rings. The second kappa shape index (κ2) is 7.14. The van der Waals surface area contributed by atoms with E-state index in [1.807, 2.05) is 25.4 Å². The second-order valence-electron chi connectivity index (χ2n) is 4.79. The lowest BCUT2D eigenvalue weighted by molar-refractivity contribution is -0.384. The molecule has 0 amide bonds. The molecule has 2 aromatic rings. The third-order valence-corrected chi connectivity index (χ3v) is 3.63. The van der Waals surface area contributed by atoms with Crippen molar-refractivity contribution in [2.45, 2.75) is 20.0 Å². The van der Waals surface area contributed by atoms with Gasteiger partial charge in [0.1, 0.15) is 5.69 Å². The molecule has 1 aromatic heterocycles. The predicted molar refractivity (Wildman–Crippen MR) is 84.5 cm³/mol. The highest BCUT2D eigenvalue weighted by atomic mass is 32.1. The van der Waals surface area contributed by atoms with E-state index in [0.29, 0.717) is 18.8 Å². The van der Waals surface area contributed by atoms with E-state index in [4.69, 9.17) is 0 Å². The summed E-state index contributed by atoms with van der Waals surface area (Å²) in [4.78, 5) is 17.1. The Morgan fingerprint density at radius 2 is 2.24 bits per heavy atom. The average molecular weight is 306 g/mol. The molecule has 0 saturated heterocycles. The van der Waals surface area contributed by atoms with Gasteiger partial charge in [0.2, 0.25) is 0 Å². The van der Waals surface area contributed by atoms with Gasteiger partial charge in [-0.25, -0.2) is 4.98 Å². The van der Waals surface area contributed by atoms with Gasteiger partial charge >= 0.3 is 0 Å². The number of anilines is 1. The van der Waals surface area contributed by atoms with E-state index in [2.05, 4.69) is 15.2 Å². The molecule has 7 heteroatoms. The number of aromatic nitrogens is 1. The van der Waals surface area contributed by atoms with Gasteiger partial charge in [-0.15, -0.1) is 11.3 Å². The van der Waals surface area contributed by atoms with Crippen molar-refractivity contribution in [3.05, 3.63) is 50.5 Å². The summed E-state index contributed by atoms with van der Waals surface area (Å²) in [6.45, 7) is 3.94. The number of nitrogens with one attached hydrogen (secondary N) is 1. The van der Waals surface area contributed by atoms with Gasteiger partial charge in [-0.1, -0.05) is 6.07 Å². The van der Waals surface area contributed by atoms with Crippen molar-refractivity contribution in [3.8, 4) is 0 Å². The quantitative estimate of drug-likeness (QED) is 0.628. The summed E-state index contributed by atoms with van der Waals surface area (Å²) in [6, 6.07) is 5.33. The summed E-state index contributed by atoms with van der Waals surface area (Å²) in [5, 5.41) is 16.2. The number of nitro groups is 1. The van der Waals surface area contributed by atoms with Crippen LogP contribution in [0, 0.1) is 10.1 Å². The van der Waals surface area contributed by atoms with Gasteiger partial charge in [0.05, 0.1) is 16.1 Å². The lowest BCUT2D eigenvalue weighted by Crippen LogP contribution is -2.17. The predicted octanol–water partition coefficient (Wildman–Crippen LogP) is 3.12.